The summed E-state index contributed by atoms with van der Waals surface area (Å²) in [4.78, 5) is 8.85. The zero-order chi connectivity index (χ0) is 18.8. The molecule has 0 aliphatic carbocycles. The van der Waals surface area contributed by atoms with E-state index in [9.17, 15) is 0 Å². The van der Waals surface area contributed by atoms with Crippen LogP contribution in [0.2, 0.25) is 0 Å². The molecule has 0 spiro atoms. The van der Waals surface area contributed by atoms with Crippen molar-refractivity contribution in [2.24, 2.45) is 0 Å². The second-order valence-corrected chi connectivity index (χ2v) is 6.32. The minimum Gasteiger partial charge on any atom is -0.414 e. The van der Waals surface area contributed by atoms with E-state index in [1.807, 2.05) is 49.4 Å². The Morgan fingerprint density at radius 3 is 2.52 bits per heavy atom. The van der Waals surface area contributed by atoms with Gasteiger partial charge in [0, 0.05) is 11.1 Å². The number of anilines is 1. The Morgan fingerprint density at radius 2 is 1.74 bits per heavy atom. The molecule has 0 atom stereocenters. The maximum absolute atomic E-state index is 6.02. The molecule has 6 heteroatoms. The van der Waals surface area contributed by atoms with Gasteiger partial charge in [-0.15, -0.1) is 10.2 Å². The third-order valence-electron chi connectivity index (χ3n) is 4.36. The number of nitrogens with zero attached hydrogens (tertiary/aromatic N) is 4. The Balaban J connectivity index is 1.72. The average molecular weight is 357 g/mol. The molecule has 0 aliphatic rings. The highest BCUT2D eigenvalue weighted by Gasteiger charge is 2.17. The molecule has 4 aromatic rings. The molecule has 0 amide bonds. The van der Waals surface area contributed by atoms with Crippen LogP contribution in [0.1, 0.15) is 18.1 Å². The number of nitrogens with two attached hydrogens (primary N) is 1. The van der Waals surface area contributed by atoms with Crippen molar-refractivity contribution < 1.29 is 4.42 Å². The Labute approximate surface area is 157 Å². The predicted octanol–water partition coefficient (Wildman–Crippen LogP) is 4.31. The van der Waals surface area contributed by atoms with Crippen molar-refractivity contribution in [2.75, 3.05) is 5.73 Å². The van der Waals surface area contributed by atoms with Crippen LogP contribution in [0.25, 0.3) is 34.3 Å². The lowest BCUT2D eigenvalue weighted by atomic mass is 10.1. The summed E-state index contributed by atoms with van der Waals surface area (Å²) < 4.78 is 5.84. The van der Waals surface area contributed by atoms with Gasteiger partial charge in [-0.05, 0) is 31.0 Å². The van der Waals surface area contributed by atoms with Crippen LogP contribution in [0.4, 0.5) is 5.82 Å². The van der Waals surface area contributed by atoms with E-state index in [2.05, 4.69) is 33.2 Å². The quantitative estimate of drug-likeness (QED) is 0.585. The highest BCUT2D eigenvalue weighted by atomic mass is 16.4. The summed E-state index contributed by atoms with van der Waals surface area (Å²) in [6.07, 6.45) is 2.58. The van der Waals surface area contributed by atoms with Crippen molar-refractivity contribution in [1.29, 1.82) is 0 Å². The molecule has 0 unspecified atom stereocenters. The monoisotopic (exact) mass is 357 g/mol. The van der Waals surface area contributed by atoms with E-state index in [1.54, 1.807) is 6.20 Å². The van der Waals surface area contributed by atoms with Crippen molar-refractivity contribution in [1.82, 2.24) is 20.2 Å². The molecule has 6 nitrogen and oxygen atoms in total. The van der Waals surface area contributed by atoms with Crippen molar-refractivity contribution >= 4 is 5.82 Å². The maximum Gasteiger partial charge on any atom is 0.270 e. The summed E-state index contributed by atoms with van der Waals surface area (Å²) in [7, 11) is 0. The molecule has 134 valence electrons. The molecular weight excluding hydrogens is 338 g/mol. The molecule has 0 bridgehead atoms. The van der Waals surface area contributed by atoms with Gasteiger partial charge in [0.2, 0.25) is 5.89 Å². The summed E-state index contributed by atoms with van der Waals surface area (Å²) in [5.74, 6) is 0.941. The molecule has 0 saturated heterocycles. The molecule has 0 aliphatic heterocycles. The first kappa shape index (κ1) is 16.9. The molecule has 2 aromatic carbocycles. The van der Waals surface area contributed by atoms with Gasteiger partial charge in [-0.2, -0.15) is 0 Å². The molecular formula is C21H19N5O. The largest absolute Gasteiger partial charge is 0.414 e. The summed E-state index contributed by atoms with van der Waals surface area (Å²) in [6, 6.07) is 16.1. The van der Waals surface area contributed by atoms with Gasteiger partial charge in [0.05, 0.1) is 11.9 Å². The molecule has 27 heavy (non-hydrogen) atoms. The fourth-order valence-corrected chi connectivity index (χ4v) is 2.78. The first-order chi connectivity index (χ1) is 13.1. The van der Waals surface area contributed by atoms with Gasteiger partial charge < -0.3 is 10.2 Å². The van der Waals surface area contributed by atoms with Crippen LogP contribution in [0.5, 0.6) is 0 Å². The number of nitrogen functional groups attached to an aromatic ring is 1. The van der Waals surface area contributed by atoms with E-state index in [0.717, 1.165) is 17.5 Å². The van der Waals surface area contributed by atoms with Crippen LogP contribution < -0.4 is 5.73 Å². The second kappa shape index (κ2) is 6.99. The predicted molar refractivity (Wildman–Crippen MR) is 105 cm³/mol. The maximum atomic E-state index is 6.02. The molecule has 2 N–H and O–H groups in total. The number of aryl methyl sites for hydroxylation is 2. The van der Waals surface area contributed by atoms with Crippen LogP contribution in [-0.4, -0.2) is 20.2 Å². The highest BCUT2D eigenvalue weighted by molar-refractivity contribution is 5.68. The first-order valence-corrected chi connectivity index (χ1v) is 8.77. The standard InChI is InChI=1S/C21H19N5O/c1-3-14-5-4-6-16(11-14)20-25-26-21(27-20)18-19(22)23-12-17(24-18)15-9-7-13(2)8-10-15/h4-12H,3H2,1-2H3,(H2,22,23). The number of aromatic nitrogens is 4. The van der Waals surface area contributed by atoms with E-state index in [4.69, 9.17) is 10.2 Å². The highest BCUT2D eigenvalue weighted by Crippen LogP contribution is 2.28. The molecule has 0 radical (unpaired) electrons. The van der Waals surface area contributed by atoms with E-state index in [0.29, 0.717) is 17.3 Å². The zero-order valence-electron chi connectivity index (χ0n) is 15.2. The van der Waals surface area contributed by atoms with Crippen LogP contribution in [0, 0.1) is 6.92 Å². The zero-order valence-corrected chi connectivity index (χ0v) is 15.2. The van der Waals surface area contributed by atoms with Crippen LogP contribution in [-0.2, 0) is 6.42 Å². The lowest BCUT2D eigenvalue weighted by Gasteiger charge is -2.05. The number of hydrogen-bond acceptors (Lipinski definition) is 6. The van der Waals surface area contributed by atoms with Crippen molar-refractivity contribution in [3.8, 4) is 34.3 Å². The van der Waals surface area contributed by atoms with Gasteiger partial charge in [0.25, 0.3) is 5.89 Å². The summed E-state index contributed by atoms with van der Waals surface area (Å²) in [5.41, 5.74) is 11.3. The Morgan fingerprint density at radius 1 is 0.963 bits per heavy atom. The number of rotatable bonds is 4. The Bertz CT molecular complexity index is 1090. The van der Waals surface area contributed by atoms with Crippen molar-refractivity contribution in [3.05, 3.63) is 65.9 Å². The molecule has 2 heterocycles. The van der Waals surface area contributed by atoms with Gasteiger partial charge in [-0.3, -0.25) is 0 Å². The summed E-state index contributed by atoms with van der Waals surface area (Å²) >= 11 is 0. The minimum atomic E-state index is 0.253. The van der Waals surface area contributed by atoms with E-state index in [1.165, 1.54) is 11.1 Å². The molecule has 4 rings (SSSR count). The first-order valence-electron chi connectivity index (χ1n) is 8.77. The van der Waals surface area contributed by atoms with E-state index < -0.39 is 0 Å². The van der Waals surface area contributed by atoms with Gasteiger partial charge in [0.15, 0.2) is 11.5 Å². The second-order valence-electron chi connectivity index (χ2n) is 6.32. The van der Waals surface area contributed by atoms with E-state index >= 15 is 0 Å². The lowest BCUT2D eigenvalue weighted by molar-refractivity contribution is 0.582. The van der Waals surface area contributed by atoms with Crippen molar-refractivity contribution in [2.45, 2.75) is 20.3 Å². The third-order valence-corrected chi connectivity index (χ3v) is 4.36. The van der Waals surface area contributed by atoms with Crippen LogP contribution >= 0.6 is 0 Å². The molecule has 0 saturated carbocycles. The third kappa shape index (κ3) is 3.42. The van der Waals surface area contributed by atoms with Crippen LogP contribution in [0.15, 0.2) is 59.1 Å². The fraction of sp³-hybridized carbons (Fsp3) is 0.143. The normalized spacial score (nSPS) is 10.9. The number of benzene rings is 2. The fourth-order valence-electron chi connectivity index (χ4n) is 2.78. The van der Waals surface area contributed by atoms with Crippen molar-refractivity contribution in [3.63, 3.8) is 0 Å². The van der Waals surface area contributed by atoms with Gasteiger partial charge in [-0.25, -0.2) is 9.97 Å². The average Bonchev–Trinajstić information content (AvgIpc) is 3.19. The molecule has 0 fully saturated rings. The Hall–Kier alpha value is -3.54. The molecule has 2 aromatic heterocycles. The number of hydrogen-bond donors (Lipinski definition) is 1. The summed E-state index contributed by atoms with van der Waals surface area (Å²) in [5, 5.41) is 8.28. The van der Waals surface area contributed by atoms with Gasteiger partial charge in [0.1, 0.15) is 0 Å². The topological polar surface area (TPSA) is 90.7 Å². The lowest BCUT2D eigenvalue weighted by Crippen LogP contribution is -1.99. The van der Waals surface area contributed by atoms with E-state index in [-0.39, 0.29) is 11.7 Å². The van der Waals surface area contributed by atoms with Gasteiger partial charge >= 0.3 is 0 Å². The summed E-state index contributed by atoms with van der Waals surface area (Å²) in [6.45, 7) is 4.14. The SMILES string of the molecule is CCc1cccc(-c2nnc(-c3nc(-c4ccc(C)cc4)cnc3N)o2)c1. The van der Waals surface area contributed by atoms with Crippen LogP contribution in [0.3, 0.4) is 0 Å². The Kier molecular flexibility index (Phi) is 4.38. The smallest absolute Gasteiger partial charge is 0.270 e. The van der Waals surface area contributed by atoms with Gasteiger partial charge in [-0.1, -0.05) is 48.9 Å². The minimum absolute atomic E-state index is 0.253.